The van der Waals surface area contributed by atoms with Gasteiger partial charge in [0, 0.05) is 45.5 Å². The van der Waals surface area contributed by atoms with Gasteiger partial charge in [0.15, 0.2) is 0 Å². The standard InChI is InChI=1S/C16H27N5O3S/c1-12-7-13(2)21(17-12)11-16(22)20-9-14-5-6-15(20)10-19(8-14)25(23,24)18(3)4/h7,14-15H,5-6,8-11H2,1-4H3/t14-,15+/m0/s1. The molecule has 4 heterocycles. The van der Waals surface area contributed by atoms with Crippen molar-refractivity contribution in [3.63, 3.8) is 0 Å². The number of carbonyl (C=O) groups excluding carboxylic acids is 1. The number of amides is 1. The van der Waals surface area contributed by atoms with Gasteiger partial charge in [-0.15, -0.1) is 0 Å². The zero-order valence-electron chi connectivity index (χ0n) is 15.3. The first-order chi connectivity index (χ1) is 11.7. The number of nitrogens with zero attached hydrogens (tertiary/aromatic N) is 5. The Balaban J connectivity index is 1.76. The van der Waals surface area contributed by atoms with Crippen LogP contribution in [0.15, 0.2) is 6.07 Å². The molecule has 1 aromatic heterocycles. The largest absolute Gasteiger partial charge is 0.336 e. The molecular weight excluding hydrogens is 342 g/mol. The van der Waals surface area contributed by atoms with Crippen molar-refractivity contribution >= 4 is 16.1 Å². The SMILES string of the molecule is Cc1cc(C)n(CC(=O)N2C[C@H]3CC[C@@H]2CN(S(=O)(=O)N(C)C)C3)n1. The zero-order chi connectivity index (χ0) is 18.4. The van der Waals surface area contributed by atoms with Gasteiger partial charge in [-0.3, -0.25) is 9.48 Å². The lowest BCUT2D eigenvalue weighted by molar-refractivity contribution is -0.136. The molecule has 0 saturated carbocycles. The van der Waals surface area contributed by atoms with Gasteiger partial charge < -0.3 is 4.90 Å². The molecule has 25 heavy (non-hydrogen) atoms. The van der Waals surface area contributed by atoms with Gasteiger partial charge in [0.2, 0.25) is 5.91 Å². The molecule has 1 aromatic rings. The molecule has 0 radical (unpaired) electrons. The van der Waals surface area contributed by atoms with Crippen molar-refractivity contribution < 1.29 is 13.2 Å². The van der Waals surface area contributed by atoms with Gasteiger partial charge in [-0.1, -0.05) is 0 Å². The number of carbonyl (C=O) groups is 1. The minimum absolute atomic E-state index is 0.0185. The Labute approximate surface area is 149 Å². The molecule has 2 bridgehead atoms. The van der Waals surface area contributed by atoms with Gasteiger partial charge in [0.25, 0.3) is 10.2 Å². The summed E-state index contributed by atoms with van der Waals surface area (Å²) in [5.74, 6) is 0.211. The predicted molar refractivity (Wildman–Crippen MR) is 94.1 cm³/mol. The highest BCUT2D eigenvalue weighted by Gasteiger charge is 2.41. The van der Waals surface area contributed by atoms with Gasteiger partial charge in [0.05, 0.1) is 5.69 Å². The van der Waals surface area contributed by atoms with Crippen LogP contribution in [0.1, 0.15) is 24.2 Å². The summed E-state index contributed by atoms with van der Waals surface area (Å²) in [5.41, 5.74) is 1.86. The monoisotopic (exact) mass is 369 g/mol. The quantitative estimate of drug-likeness (QED) is 0.761. The van der Waals surface area contributed by atoms with Crippen LogP contribution in [0, 0.1) is 19.8 Å². The molecule has 4 rings (SSSR count). The molecule has 3 aliphatic heterocycles. The molecule has 0 aliphatic carbocycles. The van der Waals surface area contributed by atoms with E-state index in [1.54, 1.807) is 18.8 Å². The number of aromatic nitrogens is 2. The summed E-state index contributed by atoms with van der Waals surface area (Å²) in [6, 6.07) is 1.89. The molecule has 2 atom stereocenters. The van der Waals surface area contributed by atoms with Gasteiger partial charge in [0.1, 0.15) is 6.54 Å². The van der Waals surface area contributed by atoms with E-state index in [0.717, 1.165) is 24.2 Å². The molecule has 140 valence electrons. The van der Waals surface area contributed by atoms with Gasteiger partial charge in [-0.25, -0.2) is 0 Å². The summed E-state index contributed by atoms with van der Waals surface area (Å²) in [4.78, 5) is 14.7. The first-order valence-electron chi connectivity index (χ1n) is 8.66. The van der Waals surface area contributed by atoms with E-state index in [2.05, 4.69) is 5.10 Å². The Morgan fingerprint density at radius 2 is 1.96 bits per heavy atom. The smallest absolute Gasteiger partial charge is 0.281 e. The number of piperidine rings is 1. The lowest BCUT2D eigenvalue weighted by Gasteiger charge is -2.36. The first-order valence-corrected chi connectivity index (χ1v) is 10.1. The Morgan fingerprint density at radius 1 is 1.24 bits per heavy atom. The van der Waals surface area contributed by atoms with Crippen LogP contribution in [0.5, 0.6) is 0 Å². The maximum atomic E-state index is 12.8. The molecule has 3 saturated heterocycles. The number of fused-ring (bicyclic) bond motifs is 4. The summed E-state index contributed by atoms with van der Waals surface area (Å²) >= 11 is 0. The van der Waals surface area contributed by atoms with E-state index in [4.69, 9.17) is 0 Å². The van der Waals surface area contributed by atoms with Gasteiger partial charge in [-0.2, -0.15) is 22.1 Å². The molecule has 3 fully saturated rings. The van der Waals surface area contributed by atoms with Crippen molar-refractivity contribution in [3.8, 4) is 0 Å². The summed E-state index contributed by atoms with van der Waals surface area (Å²) < 4.78 is 29.5. The topological polar surface area (TPSA) is 78.8 Å². The van der Waals surface area contributed by atoms with Crippen LogP contribution in [0.2, 0.25) is 0 Å². The minimum Gasteiger partial charge on any atom is -0.336 e. The summed E-state index contributed by atoms with van der Waals surface area (Å²) in [5, 5.41) is 4.36. The maximum Gasteiger partial charge on any atom is 0.281 e. The Morgan fingerprint density at radius 3 is 2.56 bits per heavy atom. The molecule has 9 heteroatoms. The maximum absolute atomic E-state index is 12.8. The van der Waals surface area contributed by atoms with E-state index in [0.29, 0.717) is 19.6 Å². The average Bonchev–Trinajstić information content (AvgIpc) is 2.73. The van der Waals surface area contributed by atoms with Crippen LogP contribution in [0.25, 0.3) is 0 Å². The number of hydrogen-bond donors (Lipinski definition) is 0. The first kappa shape index (κ1) is 18.3. The Hall–Kier alpha value is -1.45. The second kappa shape index (κ2) is 6.69. The fraction of sp³-hybridized carbons (Fsp3) is 0.750. The average molecular weight is 369 g/mol. The molecule has 0 spiro atoms. The number of hydrogen-bond acceptors (Lipinski definition) is 4. The Bertz CT molecular complexity index is 758. The molecule has 0 unspecified atom stereocenters. The van der Waals surface area contributed by atoms with E-state index in [1.165, 1.54) is 8.61 Å². The van der Waals surface area contributed by atoms with Crippen LogP contribution in [0.4, 0.5) is 0 Å². The van der Waals surface area contributed by atoms with Crippen LogP contribution in [-0.4, -0.2) is 77.4 Å². The lowest BCUT2D eigenvalue weighted by atomic mass is 9.95. The summed E-state index contributed by atoms with van der Waals surface area (Å²) in [7, 11) is -0.350. The second-order valence-corrected chi connectivity index (χ2v) is 9.48. The van der Waals surface area contributed by atoms with Crippen molar-refractivity contribution in [1.29, 1.82) is 0 Å². The predicted octanol–water partition coefficient (Wildman–Crippen LogP) is 0.229. The summed E-state index contributed by atoms with van der Waals surface area (Å²) in [6.07, 6.45) is 1.82. The van der Waals surface area contributed by atoms with Crippen molar-refractivity contribution in [3.05, 3.63) is 17.5 Å². The van der Waals surface area contributed by atoms with Crippen LogP contribution < -0.4 is 0 Å². The molecular formula is C16H27N5O3S. The van der Waals surface area contributed by atoms with Crippen LogP contribution in [0.3, 0.4) is 0 Å². The fourth-order valence-electron chi connectivity index (χ4n) is 3.82. The third-order valence-corrected chi connectivity index (χ3v) is 7.05. The molecule has 1 amide bonds. The zero-order valence-corrected chi connectivity index (χ0v) is 16.2. The highest BCUT2D eigenvalue weighted by Crippen LogP contribution is 2.30. The van der Waals surface area contributed by atoms with Crippen molar-refractivity contribution in [2.75, 3.05) is 33.7 Å². The third-order valence-electron chi connectivity index (χ3n) is 5.18. The van der Waals surface area contributed by atoms with Crippen molar-refractivity contribution in [2.24, 2.45) is 5.92 Å². The normalized spacial score (nSPS) is 24.8. The molecule has 0 aromatic carbocycles. The van der Waals surface area contributed by atoms with E-state index in [9.17, 15) is 13.2 Å². The van der Waals surface area contributed by atoms with Crippen LogP contribution in [-0.2, 0) is 21.5 Å². The van der Waals surface area contributed by atoms with Gasteiger partial charge >= 0.3 is 0 Å². The van der Waals surface area contributed by atoms with Crippen molar-refractivity contribution in [1.82, 2.24) is 23.3 Å². The minimum atomic E-state index is -3.45. The van der Waals surface area contributed by atoms with Gasteiger partial charge in [-0.05, 0) is 38.7 Å². The highest BCUT2D eigenvalue weighted by molar-refractivity contribution is 7.86. The van der Waals surface area contributed by atoms with E-state index in [-0.39, 0.29) is 24.4 Å². The van der Waals surface area contributed by atoms with E-state index >= 15 is 0 Å². The number of rotatable bonds is 4. The third kappa shape index (κ3) is 3.58. The number of aryl methyl sites for hydroxylation is 2. The van der Waals surface area contributed by atoms with Crippen molar-refractivity contribution in [2.45, 2.75) is 39.3 Å². The molecule has 3 aliphatic rings. The highest BCUT2D eigenvalue weighted by atomic mass is 32.2. The molecule has 8 nitrogen and oxygen atoms in total. The summed E-state index contributed by atoms with van der Waals surface area (Å²) in [6.45, 7) is 5.55. The van der Waals surface area contributed by atoms with Crippen LogP contribution >= 0.6 is 0 Å². The van der Waals surface area contributed by atoms with E-state index in [1.807, 2.05) is 24.8 Å². The Kier molecular flexibility index (Phi) is 4.91. The molecule has 0 N–H and O–H groups in total. The van der Waals surface area contributed by atoms with E-state index < -0.39 is 10.2 Å². The second-order valence-electron chi connectivity index (χ2n) is 7.34. The fourth-order valence-corrected chi connectivity index (χ4v) is 5.04. The lowest BCUT2D eigenvalue weighted by Crippen LogP contribution is -2.49.